The van der Waals surface area contributed by atoms with Crippen LogP contribution in [-0.2, 0) is 11.2 Å². The number of carbonyl (C=O) groups excluding carboxylic acids is 1. The highest BCUT2D eigenvalue weighted by Crippen LogP contribution is 2.17. The largest absolute Gasteiger partial charge is 0.338 e. The molecule has 0 spiro atoms. The van der Waals surface area contributed by atoms with Gasteiger partial charge in [0.15, 0.2) is 0 Å². The average molecular weight is 326 g/mol. The van der Waals surface area contributed by atoms with Gasteiger partial charge in [-0.2, -0.15) is 0 Å². The minimum Gasteiger partial charge on any atom is -0.338 e. The second-order valence-electron chi connectivity index (χ2n) is 4.45. The lowest BCUT2D eigenvalue weighted by Gasteiger charge is -2.35. The Morgan fingerprint density at radius 2 is 2.26 bits per heavy atom. The summed E-state index contributed by atoms with van der Waals surface area (Å²) in [5.74, 6) is 0.230. The fourth-order valence-electron chi connectivity index (χ4n) is 2.31. The number of hydrogen-bond acceptors (Lipinski definition) is 4. The second kappa shape index (κ2) is 9.53. The van der Waals surface area contributed by atoms with E-state index in [0.29, 0.717) is 13.0 Å². The molecular formula is C12H21Cl2N3OS. The van der Waals surface area contributed by atoms with E-state index in [1.165, 1.54) is 6.42 Å². The van der Waals surface area contributed by atoms with Gasteiger partial charge in [0, 0.05) is 30.9 Å². The third-order valence-electron chi connectivity index (χ3n) is 3.30. The molecule has 4 nitrogen and oxygen atoms in total. The van der Waals surface area contributed by atoms with E-state index < -0.39 is 0 Å². The summed E-state index contributed by atoms with van der Waals surface area (Å²) in [5, 5.41) is 2.00. The molecule has 110 valence electrons. The number of aryl methyl sites for hydroxylation is 1. The number of piperidine rings is 1. The molecule has 0 radical (unpaired) electrons. The number of rotatable bonds is 4. The summed E-state index contributed by atoms with van der Waals surface area (Å²) >= 11 is 1.58. The fourth-order valence-corrected chi connectivity index (χ4v) is 2.91. The maximum atomic E-state index is 12.1. The summed E-state index contributed by atoms with van der Waals surface area (Å²) in [5.41, 5.74) is 8.54. The number of likely N-dealkylation sites (tertiary alicyclic amines) is 1. The Morgan fingerprint density at radius 3 is 2.89 bits per heavy atom. The lowest BCUT2D eigenvalue weighted by atomic mass is 10.0. The van der Waals surface area contributed by atoms with E-state index in [1.54, 1.807) is 11.3 Å². The van der Waals surface area contributed by atoms with Crippen LogP contribution in [0.1, 0.15) is 31.4 Å². The average Bonchev–Trinajstić information content (AvgIpc) is 2.89. The summed E-state index contributed by atoms with van der Waals surface area (Å²) in [7, 11) is 0. The van der Waals surface area contributed by atoms with E-state index in [9.17, 15) is 4.79 Å². The zero-order valence-corrected chi connectivity index (χ0v) is 13.2. The molecule has 0 bridgehead atoms. The van der Waals surface area contributed by atoms with Crippen molar-refractivity contribution >= 4 is 42.1 Å². The normalized spacial score (nSPS) is 18.4. The molecule has 1 aromatic heterocycles. The number of carbonyl (C=O) groups is 1. The van der Waals surface area contributed by atoms with Crippen LogP contribution in [-0.4, -0.2) is 34.9 Å². The third-order valence-corrected chi connectivity index (χ3v) is 3.93. The van der Waals surface area contributed by atoms with Gasteiger partial charge in [-0.15, -0.1) is 36.2 Å². The van der Waals surface area contributed by atoms with Gasteiger partial charge in [0.05, 0.1) is 11.2 Å². The molecule has 1 amide bonds. The first-order chi connectivity index (χ1) is 8.31. The molecule has 0 aliphatic carbocycles. The Morgan fingerprint density at radius 1 is 1.47 bits per heavy atom. The van der Waals surface area contributed by atoms with E-state index >= 15 is 0 Å². The van der Waals surface area contributed by atoms with Crippen molar-refractivity contribution < 1.29 is 4.79 Å². The second-order valence-corrected chi connectivity index (χ2v) is 5.17. The van der Waals surface area contributed by atoms with Crippen molar-refractivity contribution in [3.8, 4) is 0 Å². The van der Waals surface area contributed by atoms with E-state index in [4.69, 9.17) is 5.73 Å². The van der Waals surface area contributed by atoms with Crippen molar-refractivity contribution in [3.05, 3.63) is 16.6 Å². The maximum absolute atomic E-state index is 12.1. The first-order valence-corrected chi connectivity index (χ1v) is 7.12. The number of nitrogens with zero attached hydrogens (tertiary/aromatic N) is 2. The smallest absolute Gasteiger partial charge is 0.223 e. The van der Waals surface area contributed by atoms with Gasteiger partial charge in [-0.3, -0.25) is 4.79 Å². The van der Waals surface area contributed by atoms with Gasteiger partial charge < -0.3 is 10.6 Å². The molecule has 1 unspecified atom stereocenters. The molecule has 19 heavy (non-hydrogen) atoms. The molecule has 1 aliphatic heterocycles. The number of nitrogens with two attached hydrogens (primary N) is 1. The molecule has 1 aliphatic rings. The van der Waals surface area contributed by atoms with Crippen LogP contribution in [0.2, 0.25) is 0 Å². The SMILES string of the molecule is Cl.Cl.NCC1CCCCN1C(=O)CCc1cscn1. The van der Waals surface area contributed by atoms with Gasteiger partial charge in [-0.25, -0.2) is 4.98 Å². The molecule has 1 fully saturated rings. The van der Waals surface area contributed by atoms with Gasteiger partial charge in [-0.05, 0) is 25.7 Å². The Labute approximate surface area is 130 Å². The Balaban J connectivity index is 0.00000162. The third kappa shape index (κ3) is 5.26. The Bertz CT molecular complexity index is 362. The standard InChI is InChI=1S/C12H19N3OS.2ClH/c13-7-11-3-1-2-6-15(11)12(16)5-4-10-8-17-9-14-10;;/h8-9,11H,1-7,13H2;2*1H. The van der Waals surface area contributed by atoms with Gasteiger partial charge in [-0.1, -0.05) is 0 Å². The number of thiazole rings is 1. The van der Waals surface area contributed by atoms with Crippen LogP contribution in [0.15, 0.2) is 10.9 Å². The van der Waals surface area contributed by atoms with Crippen LogP contribution in [0.25, 0.3) is 0 Å². The number of amides is 1. The van der Waals surface area contributed by atoms with Crippen molar-refractivity contribution in [2.24, 2.45) is 5.73 Å². The van der Waals surface area contributed by atoms with E-state index in [-0.39, 0.29) is 36.8 Å². The minimum absolute atomic E-state index is 0. The van der Waals surface area contributed by atoms with E-state index in [2.05, 4.69) is 4.98 Å². The first-order valence-electron chi connectivity index (χ1n) is 6.18. The van der Waals surface area contributed by atoms with Crippen molar-refractivity contribution in [2.45, 2.75) is 38.1 Å². The summed E-state index contributed by atoms with van der Waals surface area (Å²) in [6.07, 6.45) is 4.66. The quantitative estimate of drug-likeness (QED) is 0.923. The Hall–Kier alpha value is -0.360. The van der Waals surface area contributed by atoms with E-state index in [1.807, 2.05) is 15.8 Å². The molecular weight excluding hydrogens is 305 g/mol. The molecule has 1 atom stereocenters. The van der Waals surface area contributed by atoms with Crippen molar-refractivity contribution in [2.75, 3.05) is 13.1 Å². The molecule has 0 saturated carbocycles. The zero-order chi connectivity index (χ0) is 12.1. The van der Waals surface area contributed by atoms with Crippen molar-refractivity contribution in [1.29, 1.82) is 0 Å². The summed E-state index contributed by atoms with van der Waals surface area (Å²) in [4.78, 5) is 18.3. The molecule has 2 rings (SSSR count). The Kier molecular flexibility index (Phi) is 9.35. The van der Waals surface area contributed by atoms with Gasteiger partial charge in [0.2, 0.25) is 5.91 Å². The molecule has 2 N–H and O–H groups in total. The molecule has 0 aromatic carbocycles. The fraction of sp³-hybridized carbons (Fsp3) is 0.667. The molecule has 2 heterocycles. The first kappa shape index (κ1) is 18.6. The van der Waals surface area contributed by atoms with Gasteiger partial charge >= 0.3 is 0 Å². The summed E-state index contributed by atoms with van der Waals surface area (Å²) in [6.45, 7) is 1.46. The van der Waals surface area contributed by atoms with Gasteiger partial charge in [0.1, 0.15) is 0 Å². The predicted molar refractivity (Wildman–Crippen MR) is 83.3 cm³/mol. The highest BCUT2D eigenvalue weighted by molar-refractivity contribution is 7.07. The van der Waals surface area contributed by atoms with Crippen molar-refractivity contribution in [1.82, 2.24) is 9.88 Å². The lowest BCUT2D eigenvalue weighted by molar-refractivity contribution is -0.134. The van der Waals surface area contributed by atoms with E-state index in [0.717, 1.165) is 31.5 Å². The summed E-state index contributed by atoms with van der Waals surface area (Å²) in [6, 6.07) is 0.256. The zero-order valence-electron chi connectivity index (χ0n) is 10.8. The minimum atomic E-state index is 0. The number of halogens is 2. The lowest BCUT2D eigenvalue weighted by Crippen LogP contribution is -2.47. The van der Waals surface area contributed by atoms with Crippen LogP contribution < -0.4 is 5.73 Å². The highest BCUT2D eigenvalue weighted by atomic mass is 35.5. The monoisotopic (exact) mass is 325 g/mol. The summed E-state index contributed by atoms with van der Waals surface area (Å²) < 4.78 is 0. The maximum Gasteiger partial charge on any atom is 0.223 e. The molecule has 7 heteroatoms. The van der Waals surface area contributed by atoms with Crippen LogP contribution in [0, 0.1) is 0 Å². The van der Waals surface area contributed by atoms with Crippen molar-refractivity contribution in [3.63, 3.8) is 0 Å². The van der Waals surface area contributed by atoms with Crippen LogP contribution in [0.4, 0.5) is 0 Å². The molecule has 1 aromatic rings. The highest BCUT2D eigenvalue weighted by Gasteiger charge is 2.24. The molecule has 1 saturated heterocycles. The topological polar surface area (TPSA) is 59.2 Å². The van der Waals surface area contributed by atoms with Crippen LogP contribution >= 0.6 is 36.2 Å². The number of hydrogen-bond donors (Lipinski definition) is 1. The van der Waals surface area contributed by atoms with Gasteiger partial charge in [0.25, 0.3) is 0 Å². The predicted octanol–water partition coefficient (Wildman–Crippen LogP) is 2.26. The van der Waals surface area contributed by atoms with Crippen LogP contribution in [0.5, 0.6) is 0 Å². The van der Waals surface area contributed by atoms with Crippen LogP contribution in [0.3, 0.4) is 0 Å². The number of aromatic nitrogens is 1.